The van der Waals surface area contributed by atoms with Crippen molar-refractivity contribution in [2.45, 2.75) is 59.2 Å². The Kier molecular flexibility index (Phi) is 9.38. The number of carboxylic acid groups (broad SMARTS) is 1. The van der Waals surface area contributed by atoms with Crippen LogP contribution in [0.25, 0.3) is 10.9 Å². The van der Waals surface area contributed by atoms with Crippen LogP contribution >= 0.6 is 0 Å². The van der Waals surface area contributed by atoms with Crippen LogP contribution in [0.1, 0.15) is 44.4 Å². The lowest BCUT2D eigenvalue weighted by Crippen LogP contribution is -2.44. The first kappa shape index (κ1) is 31.1. The third-order valence-corrected chi connectivity index (χ3v) is 7.38. The summed E-state index contributed by atoms with van der Waals surface area (Å²) in [4.78, 5) is 46.7. The number of methoxy groups -OCH3 is 1. The Labute approximate surface area is 250 Å². The number of nitrogens with zero attached hydrogens (tertiary/aromatic N) is 3. The second-order valence-corrected chi connectivity index (χ2v) is 11.3. The van der Waals surface area contributed by atoms with Gasteiger partial charge in [0.05, 0.1) is 18.0 Å². The minimum atomic E-state index is -1.05. The first-order valence-corrected chi connectivity index (χ1v) is 14.1. The Hall–Kier alpha value is -4.86. The van der Waals surface area contributed by atoms with Crippen molar-refractivity contribution in [2.75, 3.05) is 23.9 Å². The van der Waals surface area contributed by atoms with Gasteiger partial charge in [0.2, 0.25) is 5.91 Å². The van der Waals surface area contributed by atoms with Gasteiger partial charge in [0, 0.05) is 30.7 Å². The molecule has 4 rings (SSSR count). The molecule has 0 saturated carbocycles. The highest BCUT2D eigenvalue weighted by molar-refractivity contribution is 5.98. The molecule has 0 aliphatic carbocycles. The number of fused-ring (bicyclic) bond motifs is 1. The Morgan fingerprint density at radius 3 is 2.30 bits per heavy atom. The lowest BCUT2D eigenvalue weighted by atomic mass is 10.0. The summed E-state index contributed by atoms with van der Waals surface area (Å²) in [5.41, 5.74) is 2.00. The molecule has 0 aliphatic heterocycles. The first-order valence-electron chi connectivity index (χ1n) is 14.1. The summed E-state index contributed by atoms with van der Waals surface area (Å²) < 4.78 is 10.9. The summed E-state index contributed by atoms with van der Waals surface area (Å²) in [7, 11) is 1.59. The summed E-state index contributed by atoms with van der Waals surface area (Å²) >= 11 is 0. The van der Waals surface area contributed by atoms with Gasteiger partial charge in [-0.15, -0.1) is 0 Å². The minimum absolute atomic E-state index is 0.0810. The van der Waals surface area contributed by atoms with Crippen LogP contribution in [0.15, 0.2) is 75.9 Å². The molecule has 0 radical (unpaired) electrons. The van der Waals surface area contributed by atoms with E-state index in [1.807, 2.05) is 82.3 Å². The predicted octanol–water partition coefficient (Wildman–Crippen LogP) is 5.86. The Balaban J connectivity index is 1.70. The van der Waals surface area contributed by atoms with E-state index in [0.29, 0.717) is 35.4 Å². The molecule has 2 amide bonds. The average molecular weight is 587 g/mol. The van der Waals surface area contributed by atoms with Gasteiger partial charge in [-0.1, -0.05) is 36.4 Å². The maximum atomic E-state index is 13.9. The number of nitrogens with one attached hydrogen (secondary N) is 1. The average Bonchev–Trinajstić information content (AvgIpc) is 2.96. The number of carbonyl (C=O) groups is 2. The van der Waals surface area contributed by atoms with Crippen molar-refractivity contribution in [2.24, 2.45) is 0 Å². The molecule has 0 aliphatic rings. The number of hydrogen-bond donors (Lipinski definition) is 2. The number of rotatable bonds is 10. The standard InChI is InChI=1S/C33H38N4O6/c1-7-36(24-11-9-8-10-12-24)29(38)27(19-22-13-16-25(42-6)17-14-22)35-31-34-26-18-15-23(21(2)28(26)30(39)43-31)20-37(32(40)41)33(3,4)5/h8-18,27H,7,19-20H2,1-6H3,(H,34,35)(H,40,41). The Morgan fingerprint density at radius 2 is 1.72 bits per heavy atom. The van der Waals surface area contributed by atoms with Crippen LogP contribution < -0.4 is 20.6 Å². The van der Waals surface area contributed by atoms with Gasteiger partial charge < -0.3 is 24.5 Å². The maximum absolute atomic E-state index is 13.9. The fourth-order valence-corrected chi connectivity index (χ4v) is 4.97. The summed E-state index contributed by atoms with van der Waals surface area (Å²) in [6.07, 6.45) is -0.758. The topological polar surface area (TPSA) is 125 Å². The second-order valence-electron chi connectivity index (χ2n) is 11.3. The van der Waals surface area contributed by atoms with Crippen LogP contribution in [0.2, 0.25) is 0 Å². The second kappa shape index (κ2) is 13.0. The van der Waals surface area contributed by atoms with E-state index in [1.54, 1.807) is 31.1 Å². The maximum Gasteiger partial charge on any atom is 0.408 e. The highest BCUT2D eigenvalue weighted by Gasteiger charge is 2.29. The lowest BCUT2D eigenvalue weighted by molar-refractivity contribution is -0.119. The summed E-state index contributed by atoms with van der Waals surface area (Å²) in [6, 6.07) is 19.3. The van der Waals surface area contributed by atoms with Crippen molar-refractivity contribution in [1.29, 1.82) is 0 Å². The lowest BCUT2D eigenvalue weighted by Gasteiger charge is -2.33. The molecule has 4 aromatic rings. The van der Waals surface area contributed by atoms with E-state index in [9.17, 15) is 19.5 Å². The molecular weight excluding hydrogens is 548 g/mol. The monoisotopic (exact) mass is 586 g/mol. The van der Waals surface area contributed by atoms with Gasteiger partial charge in [-0.2, -0.15) is 4.98 Å². The highest BCUT2D eigenvalue weighted by Crippen LogP contribution is 2.25. The molecule has 10 heteroatoms. The molecule has 0 spiro atoms. The molecule has 0 fully saturated rings. The molecule has 10 nitrogen and oxygen atoms in total. The molecule has 1 atom stereocenters. The third-order valence-electron chi connectivity index (χ3n) is 7.38. The molecular formula is C33H38N4O6. The van der Waals surface area contributed by atoms with Crippen LogP contribution in [0, 0.1) is 6.92 Å². The zero-order valence-corrected chi connectivity index (χ0v) is 25.4. The van der Waals surface area contributed by atoms with Crippen LogP contribution in [-0.4, -0.2) is 52.2 Å². The van der Waals surface area contributed by atoms with Crippen molar-refractivity contribution in [3.05, 3.63) is 93.8 Å². The fourth-order valence-electron chi connectivity index (χ4n) is 4.97. The SMILES string of the molecule is CCN(C(=O)C(Cc1ccc(OC)cc1)Nc1nc2ccc(CN(C(=O)O)C(C)(C)C)c(C)c2c(=O)o1)c1ccccc1. The quantitative estimate of drug-likeness (QED) is 0.237. The number of ether oxygens (including phenoxy) is 1. The van der Waals surface area contributed by atoms with Gasteiger partial charge in [-0.3, -0.25) is 9.69 Å². The number of hydrogen-bond acceptors (Lipinski definition) is 7. The number of anilines is 2. The molecule has 2 N–H and O–H groups in total. The zero-order chi connectivity index (χ0) is 31.3. The van der Waals surface area contributed by atoms with Crippen molar-refractivity contribution in [3.8, 4) is 5.75 Å². The van der Waals surface area contributed by atoms with Gasteiger partial charge >= 0.3 is 11.7 Å². The third kappa shape index (κ3) is 7.14. The smallest absolute Gasteiger partial charge is 0.408 e. The molecule has 1 unspecified atom stereocenters. The summed E-state index contributed by atoms with van der Waals surface area (Å²) in [6.45, 7) is 9.62. The predicted molar refractivity (Wildman–Crippen MR) is 167 cm³/mol. The van der Waals surface area contributed by atoms with Crippen molar-refractivity contribution in [1.82, 2.24) is 9.88 Å². The van der Waals surface area contributed by atoms with E-state index < -0.39 is 23.3 Å². The number of carbonyl (C=O) groups excluding carboxylic acids is 1. The van der Waals surface area contributed by atoms with Crippen molar-refractivity contribution >= 4 is 34.6 Å². The highest BCUT2D eigenvalue weighted by atomic mass is 16.5. The van der Waals surface area contributed by atoms with Crippen LogP contribution in [0.5, 0.6) is 5.75 Å². The van der Waals surface area contributed by atoms with Gasteiger partial charge in [0.25, 0.3) is 6.01 Å². The number of aromatic nitrogens is 1. The van der Waals surface area contributed by atoms with Gasteiger partial charge in [-0.05, 0) is 81.6 Å². The Morgan fingerprint density at radius 1 is 1.05 bits per heavy atom. The van der Waals surface area contributed by atoms with E-state index in [1.165, 1.54) is 4.90 Å². The fraction of sp³-hybridized carbons (Fsp3) is 0.333. The number of aryl methyl sites for hydroxylation is 1. The van der Waals surface area contributed by atoms with E-state index in [0.717, 1.165) is 11.3 Å². The largest absolute Gasteiger partial charge is 0.497 e. The molecule has 3 aromatic carbocycles. The van der Waals surface area contributed by atoms with E-state index in [4.69, 9.17) is 9.15 Å². The van der Waals surface area contributed by atoms with Crippen LogP contribution in [-0.2, 0) is 17.8 Å². The van der Waals surface area contributed by atoms with E-state index in [2.05, 4.69) is 10.3 Å². The minimum Gasteiger partial charge on any atom is -0.497 e. The van der Waals surface area contributed by atoms with E-state index >= 15 is 0 Å². The first-order chi connectivity index (χ1) is 20.4. The number of benzene rings is 3. The van der Waals surface area contributed by atoms with Crippen LogP contribution in [0.4, 0.5) is 16.5 Å². The number of likely N-dealkylation sites (N-methyl/N-ethyl adjacent to an activating group) is 1. The van der Waals surface area contributed by atoms with Gasteiger partial charge in [0.1, 0.15) is 11.8 Å². The summed E-state index contributed by atoms with van der Waals surface area (Å²) in [5, 5.41) is 13.1. The van der Waals surface area contributed by atoms with Gasteiger partial charge in [0.15, 0.2) is 0 Å². The number of para-hydroxylation sites is 1. The van der Waals surface area contributed by atoms with Crippen molar-refractivity contribution in [3.63, 3.8) is 0 Å². The van der Waals surface area contributed by atoms with Crippen molar-refractivity contribution < 1.29 is 23.8 Å². The number of amides is 2. The van der Waals surface area contributed by atoms with Crippen LogP contribution in [0.3, 0.4) is 0 Å². The molecule has 1 aromatic heterocycles. The Bertz CT molecular complexity index is 1640. The molecule has 226 valence electrons. The molecule has 0 saturated heterocycles. The van der Waals surface area contributed by atoms with Gasteiger partial charge in [-0.25, -0.2) is 9.59 Å². The molecule has 0 bridgehead atoms. The zero-order valence-electron chi connectivity index (χ0n) is 25.4. The van der Waals surface area contributed by atoms with E-state index in [-0.39, 0.29) is 23.9 Å². The molecule has 1 heterocycles. The molecule has 43 heavy (non-hydrogen) atoms. The summed E-state index contributed by atoms with van der Waals surface area (Å²) in [5.74, 6) is 0.487. The normalized spacial score (nSPS) is 12.0.